The summed E-state index contributed by atoms with van der Waals surface area (Å²) < 4.78 is 23.0. The molecule has 0 aliphatic heterocycles. The van der Waals surface area contributed by atoms with E-state index >= 15 is 0 Å². The maximum absolute atomic E-state index is 11.5. The summed E-state index contributed by atoms with van der Waals surface area (Å²) >= 11 is 0. The molecule has 0 saturated carbocycles. The summed E-state index contributed by atoms with van der Waals surface area (Å²) in [5, 5.41) is 6.62. The Morgan fingerprint density at radius 1 is 0.893 bits per heavy atom. The highest BCUT2D eigenvalue weighted by molar-refractivity contribution is 14.0. The average molecular weight is 515 g/mol. The van der Waals surface area contributed by atoms with Crippen molar-refractivity contribution in [1.82, 2.24) is 10.6 Å². The third kappa shape index (κ3) is 8.18. The molecule has 0 amide bonds. The zero-order valence-electron chi connectivity index (χ0n) is 17.0. The Kier molecular flexibility index (Phi) is 9.95. The Balaban J connectivity index is 0.00000392. The predicted molar refractivity (Wildman–Crippen MR) is 128 cm³/mol. The van der Waals surface area contributed by atoms with Gasteiger partial charge in [0.15, 0.2) is 15.8 Å². The fourth-order valence-electron chi connectivity index (χ4n) is 2.99. The summed E-state index contributed by atoms with van der Waals surface area (Å²) in [6, 6.07) is 13.6. The zero-order chi connectivity index (χ0) is 19.9. The molecule has 0 heterocycles. The lowest BCUT2D eigenvalue weighted by Gasteiger charge is -2.12. The van der Waals surface area contributed by atoms with Gasteiger partial charge >= 0.3 is 0 Å². The van der Waals surface area contributed by atoms with Crippen LogP contribution in [0.4, 0.5) is 0 Å². The van der Waals surface area contributed by atoms with Crippen LogP contribution >= 0.6 is 24.0 Å². The SMILES string of the molecule is CN=C(NCCc1ccc(S(C)(=O)=O)cc1)NCCc1cc(C)cc(C)c1.I. The van der Waals surface area contributed by atoms with E-state index in [1.54, 1.807) is 19.2 Å². The average Bonchev–Trinajstić information content (AvgIpc) is 2.59. The third-order valence-electron chi connectivity index (χ3n) is 4.27. The van der Waals surface area contributed by atoms with Gasteiger partial charge in [0.2, 0.25) is 0 Å². The number of aryl methyl sites for hydroxylation is 2. The highest BCUT2D eigenvalue weighted by Gasteiger charge is 2.06. The molecule has 2 aromatic rings. The van der Waals surface area contributed by atoms with Crippen LogP contribution in [0.25, 0.3) is 0 Å². The molecule has 0 aliphatic carbocycles. The van der Waals surface area contributed by atoms with Crippen molar-refractivity contribution in [3.63, 3.8) is 0 Å². The van der Waals surface area contributed by atoms with E-state index in [4.69, 9.17) is 0 Å². The number of nitrogens with zero attached hydrogens (tertiary/aromatic N) is 1. The van der Waals surface area contributed by atoms with E-state index in [-0.39, 0.29) is 24.0 Å². The second-order valence-corrected chi connectivity index (χ2v) is 8.85. The van der Waals surface area contributed by atoms with Gasteiger partial charge in [0.05, 0.1) is 4.90 Å². The van der Waals surface area contributed by atoms with Crippen LogP contribution in [0.15, 0.2) is 52.4 Å². The molecule has 0 radical (unpaired) electrons. The Bertz CT molecular complexity index is 874. The van der Waals surface area contributed by atoms with E-state index in [1.807, 2.05) is 12.1 Å². The van der Waals surface area contributed by atoms with Gasteiger partial charge in [-0.15, -0.1) is 24.0 Å². The number of rotatable bonds is 7. The topological polar surface area (TPSA) is 70.6 Å². The van der Waals surface area contributed by atoms with Crippen molar-refractivity contribution >= 4 is 39.8 Å². The first kappa shape index (κ1) is 24.4. The molecule has 0 saturated heterocycles. The molecule has 0 unspecified atom stereocenters. The first-order valence-electron chi connectivity index (χ1n) is 9.08. The van der Waals surface area contributed by atoms with Gasteiger partial charge < -0.3 is 10.6 Å². The lowest BCUT2D eigenvalue weighted by atomic mass is 10.1. The molecule has 2 N–H and O–H groups in total. The second kappa shape index (κ2) is 11.4. The fraction of sp³-hybridized carbons (Fsp3) is 0.381. The summed E-state index contributed by atoms with van der Waals surface area (Å²) in [4.78, 5) is 4.60. The van der Waals surface area contributed by atoms with Crippen molar-refractivity contribution in [2.45, 2.75) is 31.6 Å². The van der Waals surface area contributed by atoms with E-state index in [1.165, 1.54) is 22.9 Å². The van der Waals surface area contributed by atoms with E-state index in [0.29, 0.717) is 4.90 Å². The molecular weight excluding hydrogens is 485 g/mol. The minimum Gasteiger partial charge on any atom is -0.356 e. The molecule has 0 fully saturated rings. The number of halogens is 1. The van der Waals surface area contributed by atoms with Crippen LogP contribution in [0.1, 0.15) is 22.3 Å². The molecule has 5 nitrogen and oxygen atoms in total. The maximum Gasteiger partial charge on any atom is 0.190 e. The van der Waals surface area contributed by atoms with Crippen molar-refractivity contribution in [3.05, 3.63) is 64.7 Å². The summed E-state index contributed by atoms with van der Waals surface area (Å²) in [5.74, 6) is 0.770. The highest BCUT2D eigenvalue weighted by atomic mass is 127. The Morgan fingerprint density at radius 3 is 1.86 bits per heavy atom. The molecule has 2 rings (SSSR count). The fourth-order valence-corrected chi connectivity index (χ4v) is 3.62. The van der Waals surface area contributed by atoms with Crippen molar-refractivity contribution in [1.29, 1.82) is 0 Å². The highest BCUT2D eigenvalue weighted by Crippen LogP contribution is 2.11. The van der Waals surface area contributed by atoms with Crippen LogP contribution in [0.2, 0.25) is 0 Å². The third-order valence-corrected chi connectivity index (χ3v) is 5.40. The molecule has 0 atom stereocenters. The van der Waals surface area contributed by atoms with Crippen molar-refractivity contribution in [2.24, 2.45) is 4.99 Å². The normalized spacial score (nSPS) is 11.6. The van der Waals surface area contributed by atoms with Crippen molar-refractivity contribution in [3.8, 4) is 0 Å². The lowest BCUT2D eigenvalue weighted by molar-refractivity contribution is 0.602. The Morgan fingerprint density at radius 2 is 1.39 bits per heavy atom. The number of nitrogens with one attached hydrogen (secondary N) is 2. The van der Waals surface area contributed by atoms with Crippen LogP contribution in [0, 0.1) is 13.8 Å². The van der Waals surface area contributed by atoms with Crippen LogP contribution < -0.4 is 10.6 Å². The molecule has 0 aliphatic rings. The first-order valence-corrected chi connectivity index (χ1v) is 11.0. The molecule has 0 spiro atoms. The van der Waals surface area contributed by atoms with E-state index < -0.39 is 9.84 Å². The monoisotopic (exact) mass is 515 g/mol. The van der Waals surface area contributed by atoms with Crippen molar-refractivity contribution in [2.75, 3.05) is 26.4 Å². The number of guanidine groups is 1. The summed E-state index contributed by atoms with van der Waals surface area (Å²) in [6.45, 7) is 5.77. The van der Waals surface area contributed by atoms with Gasteiger partial charge in [-0.05, 0) is 49.9 Å². The van der Waals surface area contributed by atoms with Gasteiger partial charge in [-0.1, -0.05) is 41.5 Å². The van der Waals surface area contributed by atoms with Crippen LogP contribution in [-0.4, -0.2) is 40.8 Å². The van der Waals surface area contributed by atoms with Crippen LogP contribution in [0.5, 0.6) is 0 Å². The smallest absolute Gasteiger partial charge is 0.190 e. The Hall–Kier alpha value is -1.61. The molecule has 28 heavy (non-hydrogen) atoms. The number of sulfone groups is 1. The van der Waals surface area contributed by atoms with Gasteiger partial charge in [0, 0.05) is 26.4 Å². The van der Waals surface area contributed by atoms with Gasteiger partial charge in [0.1, 0.15) is 0 Å². The maximum atomic E-state index is 11.5. The largest absolute Gasteiger partial charge is 0.356 e. The number of aliphatic imine (C=N–C) groups is 1. The van der Waals surface area contributed by atoms with E-state index in [2.05, 4.69) is 47.7 Å². The van der Waals surface area contributed by atoms with Gasteiger partial charge in [-0.3, -0.25) is 4.99 Å². The molecule has 0 bridgehead atoms. The standard InChI is InChI=1S/C21H29N3O2S.HI/c1-16-13-17(2)15-19(14-16)10-12-24-21(22-3)23-11-9-18-5-7-20(8-6-18)27(4,25)26;/h5-8,13-15H,9-12H2,1-4H3,(H2,22,23,24);1H. The second-order valence-electron chi connectivity index (χ2n) is 6.84. The van der Waals surface area contributed by atoms with Crippen molar-refractivity contribution < 1.29 is 8.42 Å². The van der Waals surface area contributed by atoms with Crippen LogP contribution in [-0.2, 0) is 22.7 Å². The number of hydrogen-bond donors (Lipinski definition) is 2. The summed E-state index contributed by atoms with van der Waals surface area (Å²) in [7, 11) is -1.38. The van der Waals surface area contributed by atoms with E-state index in [9.17, 15) is 8.42 Å². The lowest BCUT2D eigenvalue weighted by Crippen LogP contribution is -2.39. The minimum absolute atomic E-state index is 0. The number of benzene rings is 2. The predicted octanol–water partition coefficient (Wildman–Crippen LogP) is 3.28. The minimum atomic E-state index is -3.14. The van der Waals surface area contributed by atoms with E-state index in [0.717, 1.165) is 37.5 Å². The Labute approximate surface area is 186 Å². The van der Waals surface area contributed by atoms with Crippen LogP contribution in [0.3, 0.4) is 0 Å². The number of hydrogen-bond acceptors (Lipinski definition) is 3. The quantitative estimate of drug-likeness (QED) is 0.338. The molecular formula is C21H30IN3O2S. The zero-order valence-corrected chi connectivity index (χ0v) is 20.1. The van der Waals surface area contributed by atoms with Gasteiger partial charge in [0.25, 0.3) is 0 Å². The summed E-state index contributed by atoms with van der Waals surface area (Å²) in [6.07, 6.45) is 2.95. The van der Waals surface area contributed by atoms with Gasteiger partial charge in [-0.25, -0.2) is 8.42 Å². The molecule has 0 aromatic heterocycles. The molecule has 154 valence electrons. The molecule has 7 heteroatoms. The molecule has 2 aromatic carbocycles. The summed E-state index contributed by atoms with van der Waals surface area (Å²) in [5.41, 5.74) is 4.98. The first-order chi connectivity index (χ1) is 12.8. The van der Waals surface area contributed by atoms with Gasteiger partial charge in [-0.2, -0.15) is 0 Å².